The van der Waals surface area contributed by atoms with E-state index in [2.05, 4.69) is 25.6 Å². The van der Waals surface area contributed by atoms with Gasteiger partial charge < -0.3 is 0 Å². The molecule has 2 aromatic rings. The lowest BCUT2D eigenvalue weighted by atomic mass is 10.1. The van der Waals surface area contributed by atoms with Crippen molar-refractivity contribution in [1.29, 1.82) is 0 Å². The van der Waals surface area contributed by atoms with Crippen molar-refractivity contribution >= 4 is 10.1 Å². The SMILES string of the molecule is C=CCc1ccccc1.CCCCCCCCCCCCOS(=O)(=O)c1ccccc1. The molecule has 4 heteroatoms. The summed E-state index contributed by atoms with van der Waals surface area (Å²) in [5, 5.41) is 0. The largest absolute Gasteiger partial charge is 0.296 e. The van der Waals surface area contributed by atoms with Gasteiger partial charge in [0.05, 0.1) is 11.5 Å². The highest BCUT2D eigenvalue weighted by atomic mass is 32.2. The van der Waals surface area contributed by atoms with Crippen LogP contribution in [0.2, 0.25) is 0 Å². The Labute approximate surface area is 190 Å². The van der Waals surface area contributed by atoms with E-state index in [0.29, 0.717) is 0 Å². The molecule has 0 saturated carbocycles. The van der Waals surface area contributed by atoms with E-state index in [1.165, 1.54) is 56.9 Å². The lowest BCUT2D eigenvalue weighted by Crippen LogP contribution is -2.07. The van der Waals surface area contributed by atoms with Crippen LogP contribution >= 0.6 is 0 Å². The van der Waals surface area contributed by atoms with Gasteiger partial charge in [-0.15, -0.1) is 6.58 Å². The zero-order valence-corrected chi connectivity index (χ0v) is 20.0. The van der Waals surface area contributed by atoms with Crippen molar-refractivity contribution in [2.75, 3.05) is 6.61 Å². The van der Waals surface area contributed by atoms with Crippen molar-refractivity contribution in [3.63, 3.8) is 0 Å². The van der Waals surface area contributed by atoms with Gasteiger partial charge in [0, 0.05) is 0 Å². The third-order valence-electron chi connectivity index (χ3n) is 4.99. The minimum atomic E-state index is -3.57. The molecule has 0 saturated heterocycles. The average molecular weight is 445 g/mol. The normalized spacial score (nSPS) is 10.9. The highest BCUT2D eigenvalue weighted by Crippen LogP contribution is 2.13. The highest BCUT2D eigenvalue weighted by Gasteiger charge is 2.13. The first-order chi connectivity index (χ1) is 15.1. The van der Waals surface area contributed by atoms with Crippen LogP contribution in [-0.2, 0) is 20.7 Å². The van der Waals surface area contributed by atoms with Gasteiger partial charge in [0.2, 0.25) is 0 Å². The third kappa shape index (κ3) is 13.9. The summed E-state index contributed by atoms with van der Waals surface area (Å²) in [6.45, 7) is 6.18. The number of hydrogen-bond acceptors (Lipinski definition) is 3. The predicted molar refractivity (Wildman–Crippen MR) is 132 cm³/mol. The highest BCUT2D eigenvalue weighted by molar-refractivity contribution is 7.86. The standard InChI is InChI=1S/C18H30O3S.C9H10/c1-2-3-4-5-6-7-8-9-10-14-17-21-22(19,20)18-15-12-11-13-16-18;1-2-6-9-7-4-3-5-8-9/h11-13,15-16H,2-10,14,17H2,1H3;2-5,7-8H,1,6H2. The molecule has 31 heavy (non-hydrogen) atoms. The molecule has 0 N–H and O–H groups in total. The Morgan fingerprint density at radius 1 is 0.742 bits per heavy atom. The molecule has 0 spiro atoms. The minimum Gasteiger partial charge on any atom is -0.266 e. The molecule has 0 aromatic heterocycles. The smallest absolute Gasteiger partial charge is 0.266 e. The van der Waals surface area contributed by atoms with Gasteiger partial charge in [0.15, 0.2) is 0 Å². The molecule has 172 valence electrons. The molecule has 0 aliphatic carbocycles. The van der Waals surface area contributed by atoms with Crippen molar-refractivity contribution in [2.45, 2.75) is 82.4 Å². The Morgan fingerprint density at radius 3 is 1.74 bits per heavy atom. The molecule has 2 rings (SSSR count). The van der Waals surface area contributed by atoms with Gasteiger partial charge in [-0.1, -0.05) is 119 Å². The van der Waals surface area contributed by atoms with E-state index in [-0.39, 0.29) is 11.5 Å². The molecule has 0 radical (unpaired) electrons. The second-order valence-electron chi connectivity index (χ2n) is 7.75. The number of hydrogen-bond donors (Lipinski definition) is 0. The fourth-order valence-electron chi connectivity index (χ4n) is 3.19. The molecule has 0 heterocycles. The molecular formula is C27H40O3S. The Kier molecular flexibility index (Phi) is 15.5. The van der Waals surface area contributed by atoms with E-state index in [1.807, 2.05) is 24.3 Å². The summed E-state index contributed by atoms with van der Waals surface area (Å²) in [5.41, 5.74) is 1.33. The van der Waals surface area contributed by atoms with Gasteiger partial charge in [-0.2, -0.15) is 8.42 Å². The van der Waals surface area contributed by atoms with Crippen LogP contribution in [0.1, 0.15) is 76.7 Å². The average Bonchev–Trinajstić information content (AvgIpc) is 2.79. The third-order valence-corrected chi connectivity index (χ3v) is 6.32. The van der Waals surface area contributed by atoms with Crippen LogP contribution in [0.5, 0.6) is 0 Å². The van der Waals surface area contributed by atoms with Crippen LogP contribution in [0.15, 0.2) is 78.2 Å². The fraction of sp³-hybridized carbons (Fsp3) is 0.481. The molecule has 0 aliphatic heterocycles. The lowest BCUT2D eigenvalue weighted by Gasteiger charge is -2.05. The van der Waals surface area contributed by atoms with Gasteiger partial charge in [-0.25, -0.2) is 0 Å². The maximum Gasteiger partial charge on any atom is 0.296 e. The molecular weight excluding hydrogens is 404 g/mol. The maximum atomic E-state index is 11.9. The van der Waals surface area contributed by atoms with Gasteiger partial charge in [-0.05, 0) is 30.5 Å². The van der Waals surface area contributed by atoms with Crippen molar-refractivity contribution in [3.8, 4) is 0 Å². The molecule has 0 fully saturated rings. The van der Waals surface area contributed by atoms with Gasteiger partial charge in [0.1, 0.15) is 0 Å². The number of unbranched alkanes of at least 4 members (excludes halogenated alkanes) is 9. The van der Waals surface area contributed by atoms with Crippen molar-refractivity contribution < 1.29 is 12.6 Å². The van der Waals surface area contributed by atoms with Crippen molar-refractivity contribution in [1.82, 2.24) is 0 Å². The van der Waals surface area contributed by atoms with E-state index in [1.54, 1.807) is 30.3 Å². The fourth-order valence-corrected chi connectivity index (χ4v) is 4.16. The van der Waals surface area contributed by atoms with E-state index >= 15 is 0 Å². The summed E-state index contributed by atoms with van der Waals surface area (Å²) >= 11 is 0. The van der Waals surface area contributed by atoms with Gasteiger partial charge in [-0.3, -0.25) is 4.18 Å². The van der Waals surface area contributed by atoms with Crippen molar-refractivity contribution in [2.24, 2.45) is 0 Å². The van der Waals surface area contributed by atoms with Crippen LogP contribution < -0.4 is 0 Å². The monoisotopic (exact) mass is 444 g/mol. The number of allylic oxidation sites excluding steroid dienone is 1. The Bertz CT molecular complexity index is 771. The van der Waals surface area contributed by atoms with Crippen molar-refractivity contribution in [3.05, 3.63) is 78.9 Å². The summed E-state index contributed by atoms with van der Waals surface area (Å²) in [7, 11) is -3.57. The first-order valence-corrected chi connectivity index (χ1v) is 13.1. The zero-order chi connectivity index (χ0) is 22.6. The summed E-state index contributed by atoms with van der Waals surface area (Å²) < 4.78 is 28.8. The van der Waals surface area contributed by atoms with E-state index < -0.39 is 10.1 Å². The molecule has 0 aliphatic rings. The Hall–Kier alpha value is -1.91. The maximum absolute atomic E-state index is 11.9. The van der Waals surface area contributed by atoms with Crippen LogP contribution in [0, 0.1) is 0 Å². The summed E-state index contributed by atoms with van der Waals surface area (Å²) in [4.78, 5) is 0.238. The summed E-state index contributed by atoms with van der Waals surface area (Å²) in [5.74, 6) is 0. The molecule has 3 nitrogen and oxygen atoms in total. The lowest BCUT2D eigenvalue weighted by molar-refractivity contribution is 0.306. The molecule has 0 bridgehead atoms. The topological polar surface area (TPSA) is 43.4 Å². The first kappa shape index (κ1) is 27.1. The van der Waals surface area contributed by atoms with Crippen LogP contribution in [0.4, 0.5) is 0 Å². The molecule has 0 atom stereocenters. The molecule has 2 aromatic carbocycles. The Morgan fingerprint density at radius 2 is 1.23 bits per heavy atom. The van der Waals surface area contributed by atoms with Crippen LogP contribution in [0.3, 0.4) is 0 Å². The Balaban J connectivity index is 0.000000442. The number of benzene rings is 2. The van der Waals surface area contributed by atoms with Crippen LogP contribution in [0.25, 0.3) is 0 Å². The second kappa shape index (κ2) is 17.7. The predicted octanol–water partition coefficient (Wildman–Crippen LogP) is 7.73. The summed E-state index contributed by atoms with van der Waals surface area (Å²) in [6, 6.07) is 18.6. The second-order valence-corrected chi connectivity index (χ2v) is 9.36. The number of rotatable bonds is 15. The molecule has 0 unspecified atom stereocenters. The van der Waals surface area contributed by atoms with Gasteiger partial charge in [0.25, 0.3) is 10.1 Å². The van der Waals surface area contributed by atoms with E-state index in [4.69, 9.17) is 4.18 Å². The quantitative estimate of drug-likeness (QED) is 0.160. The van der Waals surface area contributed by atoms with Gasteiger partial charge >= 0.3 is 0 Å². The van der Waals surface area contributed by atoms with E-state index in [0.717, 1.165) is 19.3 Å². The first-order valence-electron chi connectivity index (χ1n) is 11.7. The van der Waals surface area contributed by atoms with E-state index in [9.17, 15) is 8.42 Å². The minimum absolute atomic E-state index is 0.238. The zero-order valence-electron chi connectivity index (χ0n) is 19.2. The van der Waals surface area contributed by atoms with Crippen LogP contribution in [-0.4, -0.2) is 15.0 Å². The molecule has 0 amide bonds. The summed E-state index contributed by atoms with van der Waals surface area (Å²) in [6.07, 6.45) is 15.1.